The van der Waals surface area contributed by atoms with Crippen LogP contribution < -0.4 is 20.5 Å². The Kier molecular flexibility index (Phi) is 8.01. The van der Waals surface area contributed by atoms with E-state index in [1.54, 1.807) is 25.1 Å². The molecule has 5 aliphatic rings. The summed E-state index contributed by atoms with van der Waals surface area (Å²) in [4.78, 5) is 48.6. The Morgan fingerprint density at radius 2 is 1.94 bits per heavy atom. The van der Waals surface area contributed by atoms with Gasteiger partial charge in [-0.1, -0.05) is 25.0 Å². The summed E-state index contributed by atoms with van der Waals surface area (Å²) >= 11 is 0. The molecule has 7 rings (SSSR count). The minimum atomic E-state index is -3.95. The van der Waals surface area contributed by atoms with Gasteiger partial charge in [0, 0.05) is 23.3 Å². The number of pyridine rings is 1. The minimum Gasteiger partial charge on any atom is -0.508 e. The number of aromatic hydroxyl groups is 1. The van der Waals surface area contributed by atoms with E-state index >= 15 is 0 Å². The second-order valence-electron chi connectivity index (χ2n) is 14.8. The normalized spacial score (nSPS) is 31.7. The highest BCUT2D eigenvalue weighted by molar-refractivity contribution is 7.91. The number of hydrogen-bond donors (Lipinski definition) is 4. The monoisotopic (exact) mass is 679 g/mol. The average molecular weight is 680 g/mol. The van der Waals surface area contributed by atoms with Crippen LogP contribution in [0.5, 0.6) is 11.5 Å². The van der Waals surface area contributed by atoms with Crippen molar-refractivity contribution in [2.24, 2.45) is 11.7 Å². The fourth-order valence-corrected chi connectivity index (χ4v) is 9.26. The van der Waals surface area contributed by atoms with Crippen molar-refractivity contribution in [2.45, 2.75) is 119 Å². The Balaban J connectivity index is 1.23. The van der Waals surface area contributed by atoms with E-state index in [9.17, 15) is 27.9 Å². The number of ether oxygens (including phenoxy) is 1. The third-order valence-electron chi connectivity index (χ3n) is 11.5. The first-order chi connectivity index (χ1) is 22.8. The van der Waals surface area contributed by atoms with Crippen LogP contribution in [0.1, 0.15) is 88.8 Å². The number of phenolic OH excluding ortho intramolecular Hbond substituents is 1. The van der Waals surface area contributed by atoms with Gasteiger partial charge in [-0.15, -0.1) is 0 Å². The van der Waals surface area contributed by atoms with Crippen molar-refractivity contribution in [2.75, 3.05) is 6.54 Å². The summed E-state index contributed by atoms with van der Waals surface area (Å²) in [6.07, 6.45) is 10.8. The van der Waals surface area contributed by atoms with Crippen molar-refractivity contribution < 1.29 is 32.6 Å². The molecule has 4 heterocycles. The van der Waals surface area contributed by atoms with Crippen molar-refractivity contribution in [3.8, 4) is 11.5 Å². The lowest BCUT2D eigenvalue weighted by Gasteiger charge is -2.47. The molecule has 13 heteroatoms. The first-order valence-electron chi connectivity index (χ1n) is 17.2. The van der Waals surface area contributed by atoms with Crippen molar-refractivity contribution in [1.29, 1.82) is 0 Å². The standard InChI is InChI=1S/C35H45N5O7S/c1-21-29-24(25-18-23(41)10-11-27(25)37-21)13-14-34(47-29)19-28-30(42)38-35(32(44)39-48(45,46)33(2)16-17-33)15-12-22(35)8-6-4-3-5-7-9-26(36)31(43)40(28)20-34/h6,8,10-11,18,22,26,28,41H,3-5,7,9,12-17,19-20,36H2,1-2H3,(H,38,42)(H,39,44). The van der Waals surface area contributed by atoms with E-state index in [1.807, 2.05) is 19.1 Å². The number of aromatic nitrogens is 1. The van der Waals surface area contributed by atoms with Gasteiger partial charge in [-0.25, -0.2) is 13.4 Å². The maximum absolute atomic E-state index is 14.4. The van der Waals surface area contributed by atoms with Crippen LogP contribution in [0, 0.1) is 12.8 Å². The highest BCUT2D eigenvalue weighted by Gasteiger charge is 2.59. The van der Waals surface area contributed by atoms with Crippen LogP contribution in [0.3, 0.4) is 0 Å². The lowest BCUT2D eigenvalue weighted by Crippen LogP contribution is -2.70. The molecule has 3 fully saturated rings. The number of rotatable bonds is 3. The topological polar surface area (TPSA) is 181 Å². The summed E-state index contributed by atoms with van der Waals surface area (Å²) in [5.41, 5.74) is 6.41. The molecular formula is C35H45N5O7S. The number of sulfonamides is 1. The molecule has 12 nitrogen and oxygen atoms in total. The maximum atomic E-state index is 14.4. The number of carbonyl (C=O) groups is 3. The van der Waals surface area contributed by atoms with Crippen molar-refractivity contribution in [1.82, 2.24) is 19.9 Å². The second-order valence-corrected chi connectivity index (χ2v) is 17.0. The van der Waals surface area contributed by atoms with E-state index in [4.69, 9.17) is 15.5 Å². The Labute approximate surface area is 280 Å². The third kappa shape index (κ3) is 5.52. The van der Waals surface area contributed by atoms with Crippen LogP contribution in [0.4, 0.5) is 0 Å². The van der Waals surface area contributed by atoms with Crippen LogP contribution >= 0.6 is 0 Å². The SMILES string of the molecule is Cc1nc2ccc(O)cc2c2c1OC1(CC2)CC2C(=O)NC3(C(=O)NS(=O)(=O)C4(C)CC4)CCC3C=CCCCCCC(N)C(=O)N2C1. The molecular weight excluding hydrogens is 634 g/mol. The second kappa shape index (κ2) is 11.7. The van der Waals surface area contributed by atoms with Gasteiger partial charge in [0.15, 0.2) is 0 Å². The van der Waals surface area contributed by atoms with Gasteiger partial charge in [-0.2, -0.15) is 0 Å². The number of phenols is 1. The van der Waals surface area contributed by atoms with Crippen molar-refractivity contribution in [3.63, 3.8) is 0 Å². The number of nitrogens with two attached hydrogens (primary N) is 1. The van der Waals surface area contributed by atoms with Gasteiger partial charge < -0.3 is 25.8 Å². The molecule has 258 valence electrons. The smallest absolute Gasteiger partial charge is 0.259 e. The molecule has 1 aromatic carbocycles. The highest BCUT2D eigenvalue weighted by Crippen LogP contribution is 2.47. The molecule has 5 unspecified atom stereocenters. The number of amides is 3. The van der Waals surface area contributed by atoms with E-state index in [1.165, 1.54) is 4.90 Å². The summed E-state index contributed by atoms with van der Waals surface area (Å²) in [7, 11) is -3.95. The highest BCUT2D eigenvalue weighted by atomic mass is 32.2. The number of aryl methyl sites for hydroxylation is 2. The lowest BCUT2D eigenvalue weighted by molar-refractivity contribution is -0.144. The molecule has 5 atom stereocenters. The number of carbonyl (C=O) groups excluding carboxylic acids is 3. The number of hydrogen-bond acceptors (Lipinski definition) is 9. The van der Waals surface area contributed by atoms with Crippen LogP contribution in [-0.2, 0) is 30.8 Å². The summed E-state index contributed by atoms with van der Waals surface area (Å²) in [5.74, 6) is -1.31. The quantitative estimate of drug-likeness (QED) is 0.355. The van der Waals surface area contributed by atoms with Gasteiger partial charge in [0.1, 0.15) is 28.7 Å². The largest absolute Gasteiger partial charge is 0.508 e. The van der Waals surface area contributed by atoms with Crippen LogP contribution in [0.25, 0.3) is 10.9 Å². The van der Waals surface area contributed by atoms with E-state index < -0.39 is 55.7 Å². The minimum absolute atomic E-state index is 0.125. The zero-order chi connectivity index (χ0) is 34.1. The summed E-state index contributed by atoms with van der Waals surface area (Å²) in [5, 5.41) is 14.0. The fraction of sp³-hybridized carbons (Fsp3) is 0.600. The third-order valence-corrected chi connectivity index (χ3v) is 13.6. The number of nitrogens with zero attached hydrogens (tertiary/aromatic N) is 2. The van der Waals surface area contributed by atoms with Crippen molar-refractivity contribution >= 4 is 38.6 Å². The molecule has 1 saturated heterocycles. The molecule has 3 amide bonds. The summed E-state index contributed by atoms with van der Waals surface area (Å²) < 4.78 is 34.4. The molecule has 2 aromatic rings. The Bertz CT molecular complexity index is 1820. The van der Waals surface area contributed by atoms with Gasteiger partial charge in [0.2, 0.25) is 21.8 Å². The first-order valence-corrected chi connectivity index (χ1v) is 18.7. The van der Waals surface area contributed by atoms with E-state index in [-0.39, 0.29) is 31.0 Å². The molecule has 1 aromatic heterocycles. The Morgan fingerprint density at radius 1 is 1.15 bits per heavy atom. The number of allylic oxidation sites excluding steroid dienone is 1. The van der Waals surface area contributed by atoms with Gasteiger partial charge in [-0.3, -0.25) is 19.1 Å². The van der Waals surface area contributed by atoms with Gasteiger partial charge in [0.25, 0.3) is 5.91 Å². The zero-order valence-electron chi connectivity index (χ0n) is 27.6. The Morgan fingerprint density at radius 3 is 2.67 bits per heavy atom. The molecule has 2 aliphatic carbocycles. The molecule has 2 saturated carbocycles. The van der Waals surface area contributed by atoms with Gasteiger partial charge >= 0.3 is 0 Å². The molecule has 0 radical (unpaired) electrons. The van der Waals surface area contributed by atoms with Crippen LogP contribution in [0.15, 0.2) is 30.4 Å². The predicted molar refractivity (Wildman–Crippen MR) is 178 cm³/mol. The van der Waals surface area contributed by atoms with Gasteiger partial charge in [-0.05, 0) is 89.8 Å². The average Bonchev–Trinajstić information content (AvgIpc) is 3.70. The molecule has 48 heavy (non-hydrogen) atoms. The van der Waals surface area contributed by atoms with E-state index in [2.05, 4.69) is 10.0 Å². The first kappa shape index (κ1) is 32.8. The zero-order valence-corrected chi connectivity index (χ0v) is 28.4. The molecule has 3 aliphatic heterocycles. The summed E-state index contributed by atoms with van der Waals surface area (Å²) in [6.45, 7) is 3.60. The molecule has 0 bridgehead atoms. The lowest BCUT2D eigenvalue weighted by atomic mass is 9.65. The van der Waals surface area contributed by atoms with Gasteiger partial charge in [0.05, 0.1) is 28.5 Å². The number of benzene rings is 1. The fourth-order valence-electron chi connectivity index (χ4n) is 7.95. The van der Waals surface area contributed by atoms with Crippen LogP contribution in [-0.4, -0.2) is 75.6 Å². The molecule has 1 spiro atoms. The van der Waals surface area contributed by atoms with E-state index in [0.29, 0.717) is 50.0 Å². The van der Waals surface area contributed by atoms with Crippen LogP contribution in [0.2, 0.25) is 0 Å². The Hall–Kier alpha value is -3.71. The van der Waals surface area contributed by atoms with Crippen molar-refractivity contribution in [3.05, 3.63) is 41.6 Å². The molecule has 5 N–H and O–H groups in total. The number of nitrogens with one attached hydrogen (secondary N) is 2. The predicted octanol–water partition coefficient (Wildman–Crippen LogP) is 3.02. The summed E-state index contributed by atoms with van der Waals surface area (Å²) in [6, 6.07) is 3.25. The number of fused-ring (bicyclic) bond motifs is 5. The maximum Gasteiger partial charge on any atom is 0.259 e. The van der Waals surface area contributed by atoms with E-state index in [0.717, 1.165) is 42.1 Å².